The Morgan fingerprint density at radius 1 is 1.06 bits per heavy atom. The number of pyridine rings is 2. The van der Waals surface area contributed by atoms with Crippen LogP contribution in [0.25, 0.3) is 54.4 Å². The topological polar surface area (TPSA) is 202 Å². The van der Waals surface area contributed by atoms with E-state index in [0.717, 1.165) is 47.2 Å². The van der Waals surface area contributed by atoms with E-state index in [1.165, 1.54) is 12.1 Å². The van der Waals surface area contributed by atoms with Gasteiger partial charge in [0, 0.05) is 71.5 Å². The molecule has 4 atom stereocenters. The lowest BCUT2D eigenvalue weighted by Gasteiger charge is -2.41. The van der Waals surface area contributed by atoms with E-state index < -0.39 is 34.9 Å². The van der Waals surface area contributed by atoms with Crippen LogP contribution in [0, 0.1) is 23.0 Å². The van der Waals surface area contributed by atoms with Crippen LogP contribution in [-0.2, 0) is 39.5 Å². The Hall–Kier alpha value is -7.31. The first-order valence-electron chi connectivity index (χ1n) is 26.1. The largest absolute Gasteiger partial charge is 0.489 e. The van der Waals surface area contributed by atoms with E-state index in [-0.39, 0.29) is 141 Å². The number of benzene rings is 3. The number of nitrogen functional groups attached to an aromatic ring is 1. The van der Waals surface area contributed by atoms with Gasteiger partial charge >= 0.3 is 12.0 Å². The number of nitrogens with two attached hydrogens (primary N) is 1. The van der Waals surface area contributed by atoms with Gasteiger partial charge in [-0.2, -0.15) is 15.2 Å². The number of nitriles is 1. The van der Waals surface area contributed by atoms with Gasteiger partial charge in [0.05, 0.1) is 55.4 Å². The third-order valence-corrected chi connectivity index (χ3v) is 17.9. The van der Waals surface area contributed by atoms with Crippen molar-refractivity contribution in [3.05, 3.63) is 109 Å². The lowest BCUT2D eigenvalue weighted by atomic mass is 9.86. The predicted octanol–water partition coefficient (Wildman–Crippen LogP) is 8.87. The summed E-state index contributed by atoms with van der Waals surface area (Å²) < 4.78 is 67.2. The fourth-order valence-electron chi connectivity index (χ4n) is 12.6. The number of alkyl halides is 1. The number of piperazine rings is 1. The average molecular weight is 1100 g/mol. The molecule has 4 aromatic heterocycles. The van der Waals surface area contributed by atoms with Gasteiger partial charge in [-0.3, -0.25) is 14.5 Å². The molecule has 78 heavy (non-hydrogen) atoms. The predicted molar refractivity (Wildman–Crippen MR) is 289 cm³/mol. The molecular weight excluding hydrogens is 1050 g/mol. The van der Waals surface area contributed by atoms with E-state index in [0.29, 0.717) is 47.0 Å². The summed E-state index contributed by atoms with van der Waals surface area (Å²) >= 11 is 7.90. The summed E-state index contributed by atoms with van der Waals surface area (Å²) in [5.41, 5.74) is 7.75. The van der Waals surface area contributed by atoms with Crippen molar-refractivity contribution in [1.82, 2.24) is 29.3 Å². The number of hydrogen-bond donors (Lipinski definition) is 2. The molecule has 21 heteroatoms. The first-order valence-corrected chi connectivity index (χ1v) is 27.3. The third kappa shape index (κ3) is 7.97. The zero-order valence-corrected chi connectivity index (χ0v) is 44.7. The minimum atomic E-state index is -1.94. The van der Waals surface area contributed by atoms with Crippen LogP contribution >= 0.6 is 22.9 Å². The number of aliphatic hydroxyl groups is 1. The van der Waals surface area contributed by atoms with Crippen LogP contribution in [-0.4, -0.2) is 110 Å². The number of fused-ring (bicyclic) bond motifs is 8. The maximum absolute atomic E-state index is 17.5. The molecule has 0 radical (unpaired) electrons. The average Bonchev–Trinajstić information content (AvgIpc) is 4.33. The van der Waals surface area contributed by atoms with Gasteiger partial charge in [-0.25, -0.2) is 22.9 Å². The number of rotatable bonds is 11. The first kappa shape index (κ1) is 51.4. The Morgan fingerprint density at radius 2 is 1.88 bits per heavy atom. The molecule has 402 valence electrons. The van der Waals surface area contributed by atoms with Gasteiger partial charge in [-0.05, 0) is 93.6 Å². The normalized spacial score (nSPS) is 21.9. The van der Waals surface area contributed by atoms with Crippen LogP contribution in [0.4, 0.5) is 24.0 Å². The first-order chi connectivity index (χ1) is 37.5. The molecule has 3 aromatic carbocycles. The smallest absolute Gasteiger partial charge is 0.343 e. The molecule has 16 nitrogen and oxygen atoms in total. The molecule has 5 aliphatic rings. The van der Waals surface area contributed by atoms with Gasteiger partial charge in [0.1, 0.15) is 60.0 Å². The Labute approximate surface area is 454 Å². The number of halogens is 4. The molecule has 3 fully saturated rings. The Bertz CT molecular complexity index is 3880. The highest BCUT2D eigenvalue weighted by molar-refractivity contribution is 7.23. The fourth-order valence-corrected chi connectivity index (χ4v) is 13.8. The van der Waals surface area contributed by atoms with Gasteiger partial charge in [0.2, 0.25) is 0 Å². The van der Waals surface area contributed by atoms with Crippen LogP contribution in [0.15, 0.2) is 58.9 Å². The maximum Gasteiger partial charge on any atom is 0.343 e. The molecule has 3 saturated heterocycles. The molecular formula is C57H53ClF3N9O7S. The number of thiophene rings is 1. The highest BCUT2D eigenvalue weighted by atomic mass is 35.5. The van der Waals surface area contributed by atoms with Crippen molar-refractivity contribution in [2.75, 3.05) is 56.6 Å². The van der Waals surface area contributed by atoms with Crippen molar-refractivity contribution in [2.24, 2.45) is 0 Å². The number of amides is 1. The highest BCUT2D eigenvalue weighted by Crippen LogP contribution is 2.47. The Balaban J connectivity index is 0.810. The second-order valence-electron chi connectivity index (χ2n) is 20.8. The minimum Gasteiger partial charge on any atom is -0.489 e. The van der Waals surface area contributed by atoms with Crippen molar-refractivity contribution in [3.8, 4) is 40.3 Å². The molecule has 0 spiro atoms. The number of carbonyl (C=O) groups is 2. The second kappa shape index (κ2) is 19.3. The van der Waals surface area contributed by atoms with E-state index in [9.17, 15) is 29.1 Å². The monoisotopic (exact) mass is 1100 g/mol. The van der Waals surface area contributed by atoms with E-state index in [2.05, 4.69) is 9.88 Å². The highest BCUT2D eigenvalue weighted by Gasteiger charge is 2.50. The fraction of sp³-hybridized carbons (Fsp3) is 0.386. The molecule has 0 bridgehead atoms. The Morgan fingerprint density at radius 3 is 2.64 bits per heavy atom. The number of carbonyl (C=O) groups excluding carboxylic acids is 2. The van der Waals surface area contributed by atoms with Crippen LogP contribution in [0.2, 0.25) is 5.02 Å². The molecule has 7 aromatic rings. The number of ether oxygens (including phenoxy) is 3. The summed E-state index contributed by atoms with van der Waals surface area (Å²) in [6, 6.07) is 12.8. The Kier molecular flexibility index (Phi) is 12.7. The maximum atomic E-state index is 17.5. The van der Waals surface area contributed by atoms with Crippen LogP contribution in [0.1, 0.15) is 81.2 Å². The minimum absolute atomic E-state index is 0.00176. The van der Waals surface area contributed by atoms with Gasteiger partial charge in [0.25, 0.3) is 11.5 Å². The van der Waals surface area contributed by atoms with Crippen molar-refractivity contribution in [3.63, 3.8) is 0 Å². The van der Waals surface area contributed by atoms with Gasteiger partial charge in [0.15, 0.2) is 11.4 Å². The summed E-state index contributed by atoms with van der Waals surface area (Å²) in [5, 5.41) is 22.7. The summed E-state index contributed by atoms with van der Waals surface area (Å²) in [6.45, 7) is 9.24. The molecule has 0 saturated carbocycles. The number of aromatic nitrogens is 4. The number of anilines is 2. The molecule has 12 rings (SSSR count). The van der Waals surface area contributed by atoms with E-state index >= 15 is 8.78 Å². The third-order valence-electron chi connectivity index (χ3n) is 16.6. The lowest BCUT2D eigenvalue weighted by molar-refractivity contribution is -0.172. The zero-order chi connectivity index (χ0) is 54.7. The molecule has 0 aliphatic carbocycles. The van der Waals surface area contributed by atoms with Crippen molar-refractivity contribution < 1.29 is 42.1 Å². The SMILES string of the molecule is C/C=C(\COc1ccc2nc3c(c(CC)c2c1)Cn1c-3cc2c(c1=O)COC(=O)C2(O)CC)C(=O)N1CCN(c2nc(OCC34CCCN3CC(F)C4)nc3c(F)c(-c4ccc(F)c5sc(N)c(C#N)c45)c(Cl)cc23)C(C)C1. The summed E-state index contributed by atoms with van der Waals surface area (Å²) in [7, 11) is 0. The number of hydrogen-bond acceptors (Lipinski definition) is 15. The van der Waals surface area contributed by atoms with E-state index in [1.54, 1.807) is 47.6 Å². The van der Waals surface area contributed by atoms with Gasteiger partial charge in [-0.1, -0.05) is 37.6 Å². The van der Waals surface area contributed by atoms with Crippen LogP contribution < -0.4 is 25.7 Å². The van der Waals surface area contributed by atoms with Crippen molar-refractivity contribution >= 4 is 77.5 Å². The summed E-state index contributed by atoms with van der Waals surface area (Å²) in [5.74, 6) is -1.68. The van der Waals surface area contributed by atoms with Crippen molar-refractivity contribution in [1.29, 1.82) is 5.26 Å². The zero-order valence-electron chi connectivity index (χ0n) is 43.1. The number of cyclic esters (lactones) is 1. The van der Waals surface area contributed by atoms with Crippen LogP contribution in [0.5, 0.6) is 11.8 Å². The van der Waals surface area contributed by atoms with E-state index in [1.807, 2.05) is 36.9 Å². The van der Waals surface area contributed by atoms with Gasteiger partial charge < -0.3 is 39.4 Å². The number of allylic oxidation sites excluding steroid dienone is 1. The van der Waals surface area contributed by atoms with Crippen molar-refractivity contribution in [2.45, 2.75) is 96.3 Å². The molecule has 4 unspecified atom stereocenters. The number of esters is 1. The molecule has 9 heterocycles. The second-order valence-corrected chi connectivity index (χ2v) is 22.3. The quantitative estimate of drug-likeness (QED) is 0.0918. The van der Waals surface area contributed by atoms with Crippen LogP contribution in [0.3, 0.4) is 0 Å². The number of nitrogens with zero attached hydrogens (tertiary/aromatic N) is 8. The standard InChI is InChI=1S/C57H53ClF3N9O7S/c1-5-29(25-75-31-9-12-42-34(17-31)32(6-2)37-24-70-43(47(37)64-42)19-39-38(53(70)72)26-76-54(73)57(39,74)7-3)52(71)67-15-16-69(28(4)22-67)51-35-18-40(58)45(33-10-11-41(60)49-44(33)36(21-62)50(63)78-49)46(61)48(35)65-55(66-51)77-27-56-13-8-14-68(56)23-30(59)20-56/h5,9-12,17-19,28,30,74H,6-8,13-16,20,22-27,63H2,1-4H3/b29-5+. The lowest BCUT2D eigenvalue weighted by Crippen LogP contribution is -2.54. The number of aryl methyl sites for hydroxylation is 1. The summed E-state index contributed by atoms with van der Waals surface area (Å²) in [6.07, 6.45) is 3.24. The van der Waals surface area contributed by atoms with E-state index in [4.69, 9.17) is 41.5 Å². The molecule has 5 aliphatic heterocycles. The molecule has 3 N–H and O–H groups in total. The molecule has 1 amide bonds. The van der Waals surface area contributed by atoms with Gasteiger partial charge in [-0.15, -0.1) is 11.3 Å². The summed E-state index contributed by atoms with van der Waals surface area (Å²) in [4.78, 5) is 61.3.